The molecular formula is C14H9Cl4NO2. The van der Waals surface area contributed by atoms with Gasteiger partial charge >= 0.3 is 0 Å². The number of carbonyl (C=O) groups excluding carboxylic acids is 1. The Balaban J connectivity index is 2.50. The number of rotatable bonds is 3. The van der Waals surface area contributed by atoms with E-state index in [1.54, 1.807) is 24.3 Å². The summed E-state index contributed by atoms with van der Waals surface area (Å²) in [5, 5.41) is 12.0. The number of para-hydroxylation sites is 1. The molecule has 0 atom stereocenters. The highest BCUT2D eigenvalue weighted by Gasteiger charge is 2.24. The summed E-state index contributed by atoms with van der Waals surface area (Å²) in [4.78, 5) is 12.4. The zero-order valence-corrected chi connectivity index (χ0v) is 13.5. The minimum atomic E-state index is -0.532. The van der Waals surface area contributed by atoms with E-state index in [1.807, 2.05) is 6.07 Å². The van der Waals surface area contributed by atoms with E-state index < -0.39 is 12.5 Å². The van der Waals surface area contributed by atoms with Crippen molar-refractivity contribution in [3.63, 3.8) is 0 Å². The number of hydrogen-bond donors (Lipinski definition) is 2. The minimum absolute atomic E-state index is 0.00224. The summed E-state index contributed by atoms with van der Waals surface area (Å²) in [6.07, 6.45) is 0. The van der Waals surface area contributed by atoms with Crippen LogP contribution in [0.5, 0.6) is 0 Å². The lowest BCUT2D eigenvalue weighted by molar-refractivity contribution is 0.102. The van der Waals surface area contributed by atoms with Crippen LogP contribution in [0.4, 0.5) is 5.69 Å². The molecule has 2 N–H and O–H groups in total. The number of halogens is 4. The Morgan fingerprint density at radius 3 is 2.10 bits per heavy atom. The summed E-state index contributed by atoms with van der Waals surface area (Å²) in [6.45, 7) is -0.493. The van der Waals surface area contributed by atoms with Crippen molar-refractivity contribution in [2.24, 2.45) is 0 Å². The number of hydrogen-bond acceptors (Lipinski definition) is 2. The number of aliphatic hydroxyl groups excluding tert-OH is 1. The fourth-order valence-electron chi connectivity index (χ4n) is 1.78. The van der Waals surface area contributed by atoms with Gasteiger partial charge in [-0.3, -0.25) is 4.79 Å². The van der Waals surface area contributed by atoms with Crippen LogP contribution in [0.25, 0.3) is 0 Å². The maximum atomic E-state index is 12.4. The Hall–Kier alpha value is -0.970. The summed E-state index contributed by atoms with van der Waals surface area (Å²) < 4.78 is 0. The van der Waals surface area contributed by atoms with E-state index in [9.17, 15) is 9.90 Å². The third-order valence-corrected chi connectivity index (χ3v) is 4.62. The third kappa shape index (κ3) is 3.28. The maximum absolute atomic E-state index is 12.4. The molecule has 7 heteroatoms. The van der Waals surface area contributed by atoms with Crippen LogP contribution in [-0.2, 0) is 6.61 Å². The predicted octanol–water partition coefficient (Wildman–Crippen LogP) is 5.04. The highest BCUT2D eigenvalue weighted by molar-refractivity contribution is 6.53. The van der Waals surface area contributed by atoms with E-state index in [1.165, 1.54) is 0 Å². The lowest BCUT2D eigenvalue weighted by atomic mass is 10.1. The lowest BCUT2D eigenvalue weighted by Crippen LogP contribution is -2.16. The molecule has 0 saturated heterocycles. The maximum Gasteiger partial charge on any atom is 0.257 e. The van der Waals surface area contributed by atoms with Gasteiger partial charge in [-0.2, -0.15) is 0 Å². The number of anilines is 1. The van der Waals surface area contributed by atoms with Gasteiger partial charge in [0.05, 0.1) is 32.3 Å². The van der Waals surface area contributed by atoms with Crippen molar-refractivity contribution in [1.29, 1.82) is 0 Å². The Kier molecular flexibility index (Phi) is 5.36. The fraction of sp³-hybridized carbons (Fsp3) is 0.0714. The summed E-state index contributed by atoms with van der Waals surface area (Å²) in [6, 6.07) is 8.78. The van der Waals surface area contributed by atoms with Crippen molar-refractivity contribution in [2.75, 3.05) is 5.32 Å². The van der Waals surface area contributed by atoms with Crippen LogP contribution in [0.15, 0.2) is 30.3 Å². The van der Waals surface area contributed by atoms with E-state index in [0.717, 1.165) is 0 Å². The molecule has 0 aromatic heterocycles. The van der Waals surface area contributed by atoms with E-state index >= 15 is 0 Å². The zero-order chi connectivity index (χ0) is 15.6. The van der Waals surface area contributed by atoms with Gasteiger partial charge in [0.1, 0.15) is 0 Å². The molecule has 2 aromatic carbocycles. The number of carbonyl (C=O) groups is 1. The van der Waals surface area contributed by atoms with Crippen LogP contribution in [-0.4, -0.2) is 11.0 Å². The monoisotopic (exact) mass is 363 g/mol. The predicted molar refractivity (Wildman–Crippen MR) is 86.8 cm³/mol. The molecule has 0 unspecified atom stereocenters. The largest absolute Gasteiger partial charge is 0.392 e. The highest BCUT2D eigenvalue weighted by Crippen LogP contribution is 2.41. The van der Waals surface area contributed by atoms with Gasteiger partial charge in [0.2, 0.25) is 0 Å². The van der Waals surface area contributed by atoms with Crippen LogP contribution >= 0.6 is 46.4 Å². The molecule has 0 aliphatic carbocycles. The van der Waals surface area contributed by atoms with Crippen LogP contribution in [0.3, 0.4) is 0 Å². The molecule has 0 fully saturated rings. The van der Waals surface area contributed by atoms with Gasteiger partial charge < -0.3 is 10.4 Å². The molecule has 0 aliphatic heterocycles. The summed E-state index contributed by atoms with van der Waals surface area (Å²) >= 11 is 23.9. The Morgan fingerprint density at radius 2 is 1.52 bits per heavy atom. The quantitative estimate of drug-likeness (QED) is 0.591. The standard InChI is InChI=1S/C14H9Cl4NO2/c15-10-8(6-20)9(11(16)13(18)12(10)17)14(21)19-7-4-2-1-3-5-7/h1-5,20H,6H2,(H,19,21). The van der Waals surface area contributed by atoms with Crippen molar-refractivity contribution in [2.45, 2.75) is 6.61 Å². The average Bonchev–Trinajstić information content (AvgIpc) is 2.49. The first-order chi connectivity index (χ1) is 9.97. The minimum Gasteiger partial charge on any atom is -0.392 e. The van der Waals surface area contributed by atoms with E-state index in [-0.39, 0.29) is 31.2 Å². The van der Waals surface area contributed by atoms with Crippen LogP contribution in [0, 0.1) is 0 Å². The molecule has 110 valence electrons. The van der Waals surface area contributed by atoms with Crippen molar-refractivity contribution in [3.05, 3.63) is 61.5 Å². The van der Waals surface area contributed by atoms with Gasteiger partial charge in [-0.1, -0.05) is 64.6 Å². The molecule has 2 rings (SSSR count). The van der Waals surface area contributed by atoms with E-state index in [2.05, 4.69) is 5.32 Å². The van der Waals surface area contributed by atoms with Gasteiger partial charge in [0.15, 0.2) is 0 Å². The SMILES string of the molecule is O=C(Nc1ccccc1)c1c(Cl)c(Cl)c(Cl)c(Cl)c1CO. The number of amides is 1. The molecule has 0 spiro atoms. The normalized spacial score (nSPS) is 10.5. The van der Waals surface area contributed by atoms with Crippen LogP contribution in [0.1, 0.15) is 15.9 Å². The second-order valence-electron chi connectivity index (χ2n) is 4.09. The molecule has 0 aliphatic rings. The first-order valence-corrected chi connectivity index (χ1v) is 7.30. The van der Waals surface area contributed by atoms with Crippen LogP contribution < -0.4 is 5.32 Å². The smallest absolute Gasteiger partial charge is 0.257 e. The first-order valence-electron chi connectivity index (χ1n) is 5.79. The van der Waals surface area contributed by atoms with Crippen molar-refractivity contribution >= 4 is 58.0 Å². The summed E-state index contributed by atoms with van der Waals surface area (Å²) in [7, 11) is 0. The third-order valence-electron chi connectivity index (χ3n) is 2.78. The Morgan fingerprint density at radius 1 is 0.952 bits per heavy atom. The zero-order valence-electron chi connectivity index (χ0n) is 10.5. The first kappa shape index (κ1) is 16.4. The second kappa shape index (κ2) is 6.86. The van der Waals surface area contributed by atoms with Gasteiger partial charge in [-0.05, 0) is 12.1 Å². The molecule has 3 nitrogen and oxygen atoms in total. The van der Waals surface area contributed by atoms with Gasteiger partial charge in [0, 0.05) is 11.3 Å². The average molecular weight is 365 g/mol. The molecule has 0 saturated carbocycles. The van der Waals surface area contributed by atoms with Crippen LogP contribution in [0.2, 0.25) is 20.1 Å². The van der Waals surface area contributed by atoms with Crippen molar-refractivity contribution < 1.29 is 9.90 Å². The number of nitrogens with one attached hydrogen (secondary N) is 1. The lowest BCUT2D eigenvalue weighted by Gasteiger charge is -2.15. The van der Waals surface area contributed by atoms with Gasteiger partial charge in [0.25, 0.3) is 5.91 Å². The highest BCUT2D eigenvalue weighted by atomic mass is 35.5. The second-order valence-corrected chi connectivity index (χ2v) is 5.60. The molecular weight excluding hydrogens is 356 g/mol. The fourth-order valence-corrected chi connectivity index (χ4v) is 2.81. The van der Waals surface area contributed by atoms with E-state index in [0.29, 0.717) is 5.69 Å². The number of aliphatic hydroxyl groups is 1. The van der Waals surface area contributed by atoms with Gasteiger partial charge in [-0.25, -0.2) is 0 Å². The van der Waals surface area contributed by atoms with Crippen molar-refractivity contribution in [1.82, 2.24) is 0 Å². The topological polar surface area (TPSA) is 49.3 Å². The molecule has 2 aromatic rings. The molecule has 1 amide bonds. The van der Waals surface area contributed by atoms with Crippen molar-refractivity contribution in [3.8, 4) is 0 Å². The number of benzene rings is 2. The van der Waals surface area contributed by atoms with Gasteiger partial charge in [-0.15, -0.1) is 0 Å². The molecule has 0 heterocycles. The summed E-state index contributed by atoms with van der Waals surface area (Å²) in [5.41, 5.74) is 0.705. The van der Waals surface area contributed by atoms with E-state index in [4.69, 9.17) is 46.4 Å². The summed E-state index contributed by atoms with van der Waals surface area (Å²) in [5.74, 6) is -0.532. The Bertz CT molecular complexity index is 689. The molecule has 0 radical (unpaired) electrons. The molecule has 0 bridgehead atoms. The Labute approximate surface area is 141 Å². The molecule has 21 heavy (non-hydrogen) atoms.